The number of terminal acetylenes is 1. The lowest BCUT2D eigenvalue weighted by atomic mass is 10.1. The van der Waals surface area contributed by atoms with Crippen LogP contribution in [0.5, 0.6) is 0 Å². The Labute approximate surface area is 115 Å². The van der Waals surface area contributed by atoms with Crippen LogP contribution in [0.4, 0.5) is 13.2 Å². The summed E-state index contributed by atoms with van der Waals surface area (Å²) in [6, 6.07) is 3.31. The third kappa shape index (κ3) is 1.94. The largest absolute Gasteiger partial charge is 0.427 e. The number of hydrogen-bond acceptors (Lipinski definition) is 3. The molecule has 3 nitrogen and oxygen atoms in total. The summed E-state index contributed by atoms with van der Waals surface area (Å²) in [5, 5.41) is 0. The normalized spacial score (nSPS) is 11.7. The van der Waals surface area contributed by atoms with Crippen LogP contribution >= 0.6 is 11.5 Å². The molecule has 0 aliphatic rings. The number of nitrogens with one attached hydrogen (secondary N) is 1. The van der Waals surface area contributed by atoms with E-state index in [0.29, 0.717) is 33.8 Å². The maximum atomic E-state index is 12.9. The summed E-state index contributed by atoms with van der Waals surface area (Å²) in [7, 11) is 0. The van der Waals surface area contributed by atoms with E-state index in [-0.39, 0.29) is 5.56 Å². The van der Waals surface area contributed by atoms with Gasteiger partial charge in [-0.2, -0.15) is 17.5 Å². The minimum Gasteiger partial charge on any atom is -0.359 e. The van der Waals surface area contributed by atoms with Gasteiger partial charge in [-0.25, -0.2) is 4.98 Å². The van der Waals surface area contributed by atoms with Crippen LogP contribution in [-0.2, 0) is 6.18 Å². The zero-order valence-corrected chi connectivity index (χ0v) is 10.6. The number of H-pyrrole nitrogens is 1. The van der Waals surface area contributed by atoms with Crippen molar-refractivity contribution in [1.29, 1.82) is 0 Å². The first-order valence-electron chi connectivity index (χ1n) is 5.47. The van der Waals surface area contributed by atoms with Crippen LogP contribution in [-0.4, -0.2) is 14.3 Å². The third-order valence-electron chi connectivity index (χ3n) is 2.79. The molecule has 7 heteroatoms. The molecule has 3 rings (SSSR count). The lowest BCUT2D eigenvalue weighted by Gasteiger charge is -2.05. The van der Waals surface area contributed by atoms with E-state index in [1.54, 1.807) is 12.1 Å². The lowest BCUT2D eigenvalue weighted by Crippen LogP contribution is -2.03. The number of halogens is 3. The van der Waals surface area contributed by atoms with Crippen LogP contribution in [0.1, 0.15) is 10.6 Å². The Morgan fingerprint density at radius 1 is 1.25 bits per heavy atom. The Morgan fingerprint density at radius 2 is 2.05 bits per heavy atom. The van der Waals surface area contributed by atoms with Crippen molar-refractivity contribution >= 4 is 22.6 Å². The van der Waals surface area contributed by atoms with Crippen molar-refractivity contribution in [2.45, 2.75) is 6.18 Å². The van der Waals surface area contributed by atoms with Gasteiger partial charge in [-0.3, -0.25) is 0 Å². The number of alkyl halides is 3. The molecule has 3 aromatic rings. The minimum atomic E-state index is -4.44. The molecule has 0 amide bonds. The van der Waals surface area contributed by atoms with Crippen molar-refractivity contribution in [3.63, 3.8) is 0 Å². The van der Waals surface area contributed by atoms with E-state index in [0.717, 1.165) is 0 Å². The molecule has 0 aromatic carbocycles. The van der Waals surface area contributed by atoms with Gasteiger partial charge in [-0.15, -0.1) is 6.42 Å². The van der Waals surface area contributed by atoms with Crippen molar-refractivity contribution in [1.82, 2.24) is 14.3 Å². The summed E-state index contributed by atoms with van der Waals surface area (Å²) in [5.74, 6) is 2.37. The van der Waals surface area contributed by atoms with Gasteiger partial charge >= 0.3 is 6.18 Å². The Hall–Kier alpha value is -2.33. The molecule has 0 saturated carbocycles. The Bertz CT molecular complexity index is 823. The quantitative estimate of drug-likeness (QED) is 0.695. The van der Waals surface area contributed by atoms with E-state index in [1.807, 2.05) is 0 Å². The van der Waals surface area contributed by atoms with Gasteiger partial charge in [-0.1, -0.05) is 5.92 Å². The Kier molecular flexibility index (Phi) is 2.76. The zero-order valence-electron chi connectivity index (χ0n) is 9.82. The molecule has 3 heterocycles. The van der Waals surface area contributed by atoms with Gasteiger partial charge in [0, 0.05) is 23.5 Å². The van der Waals surface area contributed by atoms with Crippen molar-refractivity contribution < 1.29 is 13.2 Å². The smallest absolute Gasteiger partial charge is 0.359 e. The van der Waals surface area contributed by atoms with E-state index >= 15 is 0 Å². The highest BCUT2D eigenvalue weighted by molar-refractivity contribution is 7.06. The van der Waals surface area contributed by atoms with Crippen molar-refractivity contribution in [3.8, 4) is 23.5 Å². The van der Waals surface area contributed by atoms with E-state index < -0.39 is 11.1 Å². The molecule has 0 bridgehead atoms. The maximum absolute atomic E-state index is 12.9. The molecule has 0 radical (unpaired) electrons. The fraction of sp³-hybridized carbons (Fsp3) is 0.0769. The van der Waals surface area contributed by atoms with Crippen LogP contribution in [0.15, 0.2) is 24.5 Å². The van der Waals surface area contributed by atoms with E-state index in [2.05, 4.69) is 20.3 Å². The summed E-state index contributed by atoms with van der Waals surface area (Å²) in [4.78, 5) is 6.32. The molecule has 1 N–H and O–H groups in total. The summed E-state index contributed by atoms with van der Waals surface area (Å²) in [6.07, 6.45) is 3.50. The highest BCUT2D eigenvalue weighted by atomic mass is 32.1. The molecule has 0 spiro atoms. The molecule has 100 valence electrons. The summed E-state index contributed by atoms with van der Waals surface area (Å²) < 4.78 is 42.4. The number of rotatable bonds is 1. The van der Waals surface area contributed by atoms with E-state index in [1.165, 1.54) is 12.4 Å². The lowest BCUT2D eigenvalue weighted by molar-refractivity contribution is -0.133. The first kappa shape index (κ1) is 12.7. The molecule has 0 fully saturated rings. The molecule has 3 aromatic heterocycles. The first-order valence-corrected chi connectivity index (χ1v) is 6.25. The van der Waals surface area contributed by atoms with Gasteiger partial charge < -0.3 is 4.98 Å². The second-order valence-electron chi connectivity index (χ2n) is 4.01. The molecule has 0 saturated heterocycles. The molecule has 0 unspecified atom stereocenters. The summed E-state index contributed by atoms with van der Waals surface area (Å²) in [5.41, 5.74) is 1.76. The predicted octanol–water partition coefficient (Wildman–Crippen LogP) is 3.69. The van der Waals surface area contributed by atoms with Crippen LogP contribution in [0.2, 0.25) is 0 Å². The average Bonchev–Trinajstić information content (AvgIpc) is 3.02. The highest BCUT2D eigenvalue weighted by Crippen LogP contribution is 2.41. The first-order chi connectivity index (χ1) is 9.50. The van der Waals surface area contributed by atoms with Gasteiger partial charge in [-0.05, 0) is 23.7 Å². The SMILES string of the molecule is C#Cc1ccc2[nH]cc(-c3cnsc3C(F)(F)F)c2n1. The standard InChI is InChI=1S/C13H6F3N3S/c1-2-7-3-4-10-11(19-7)8(5-17-10)9-6-18-20-12(9)13(14,15)16/h1,3-6,17H. The van der Waals surface area contributed by atoms with Crippen molar-refractivity contribution in [3.05, 3.63) is 35.1 Å². The monoisotopic (exact) mass is 293 g/mol. The van der Waals surface area contributed by atoms with Crippen LogP contribution in [0.3, 0.4) is 0 Å². The van der Waals surface area contributed by atoms with Gasteiger partial charge in [0.1, 0.15) is 10.6 Å². The number of hydrogen-bond donors (Lipinski definition) is 1. The molecule has 0 atom stereocenters. The van der Waals surface area contributed by atoms with Gasteiger partial charge in [0.25, 0.3) is 0 Å². The molecule has 20 heavy (non-hydrogen) atoms. The Morgan fingerprint density at radius 3 is 2.75 bits per heavy atom. The number of nitrogens with zero attached hydrogens (tertiary/aromatic N) is 2. The number of pyridine rings is 1. The molecular weight excluding hydrogens is 287 g/mol. The van der Waals surface area contributed by atoms with Crippen LogP contribution in [0, 0.1) is 12.3 Å². The van der Waals surface area contributed by atoms with Crippen molar-refractivity contribution in [2.24, 2.45) is 0 Å². The van der Waals surface area contributed by atoms with Gasteiger partial charge in [0.15, 0.2) is 0 Å². The summed E-state index contributed by atoms with van der Waals surface area (Å²) >= 11 is 0.416. The maximum Gasteiger partial charge on any atom is 0.427 e. The molecule has 0 aliphatic carbocycles. The van der Waals surface area contributed by atoms with E-state index in [9.17, 15) is 13.2 Å². The fourth-order valence-electron chi connectivity index (χ4n) is 1.92. The topological polar surface area (TPSA) is 41.6 Å². The molecular formula is C13H6F3N3S. The average molecular weight is 293 g/mol. The van der Waals surface area contributed by atoms with Crippen molar-refractivity contribution in [2.75, 3.05) is 0 Å². The number of fused-ring (bicyclic) bond motifs is 1. The Balaban J connectivity index is 2.26. The van der Waals surface area contributed by atoms with Gasteiger partial charge in [0.05, 0.1) is 11.0 Å². The van der Waals surface area contributed by atoms with Crippen LogP contribution < -0.4 is 0 Å². The number of aromatic amines is 1. The minimum absolute atomic E-state index is 0.00965. The molecule has 0 aliphatic heterocycles. The zero-order chi connectivity index (χ0) is 14.3. The second kappa shape index (κ2) is 4.35. The third-order valence-corrected chi connectivity index (χ3v) is 3.63. The second-order valence-corrected chi connectivity index (χ2v) is 4.81. The summed E-state index contributed by atoms with van der Waals surface area (Å²) in [6.45, 7) is 0. The predicted molar refractivity (Wildman–Crippen MR) is 70.1 cm³/mol. The highest BCUT2D eigenvalue weighted by Gasteiger charge is 2.36. The fourth-order valence-corrected chi connectivity index (χ4v) is 2.55. The number of aromatic nitrogens is 3. The van der Waals surface area contributed by atoms with Crippen LogP contribution in [0.25, 0.3) is 22.2 Å². The van der Waals surface area contributed by atoms with E-state index in [4.69, 9.17) is 6.42 Å². The van der Waals surface area contributed by atoms with Gasteiger partial charge in [0.2, 0.25) is 0 Å².